The molecule has 1 unspecified atom stereocenters. The predicted octanol–water partition coefficient (Wildman–Crippen LogP) is 2.69. The van der Waals surface area contributed by atoms with Crippen molar-refractivity contribution >= 4 is 17.5 Å². The number of nitrogens with one attached hydrogen (secondary N) is 1. The molecule has 4 rings (SSSR count). The van der Waals surface area contributed by atoms with E-state index < -0.39 is 24.5 Å². The maximum Gasteiger partial charge on any atom is 0.303 e. The van der Waals surface area contributed by atoms with Crippen molar-refractivity contribution in [1.29, 1.82) is 0 Å². The molecular formula is C17H16ClF2N3O3. The fourth-order valence-corrected chi connectivity index (χ4v) is 3.22. The highest BCUT2D eigenvalue weighted by Gasteiger charge is 2.44. The first-order valence-electron chi connectivity index (χ1n) is 8.16. The quantitative estimate of drug-likeness (QED) is 0.866. The van der Waals surface area contributed by atoms with Crippen molar-refractivity contribution in [2.24, 2.45) is 0 Å². The minimum atomic E-state index is -3.03. The van der Waals surface area contributed by atoms with E-state index in [0.717, 1.165) is 16.0 Å². The van der Waals surface area contributed by atoms with E-state index in [9.17, 15) is 13.6 Å². The van der Waals surface area contributed by atoms with E-state index in [4.69, 9.17) is 21.1 Å². The number of alkyl halides is 2. The summed E-state index contributed by atoms with van der Waals surface area (Å²) < 4.78 is 39.2. The fourth-order valence-electron chi connectivity index (χ4n) is 3.03. The van der Waals surface area contributed by atoms with Crippen LogP contribution in [0.4, 0.5) is 8.78 Å². The number of hydrogen-bond acceptors (Lipinski definition) is 4. The summed E-state index contributed by atoms with van der Waals surface area (Å²) in [4.78, 5) is 12.4. The van der Waals surface area contributed by atoms with Crippen LogP contribution in [0.15, 0.2) is 24.3 Å². The molecule has 0 saturated carbocycles. The van der Waals surface area contributed by atoms with Crippen LogP contribution in [0, 0.1) is 0 Å². The highest BCUT2D eigenvalue weighted by Crippen LogP contribution is 2.32. The standard InChI is InChI=1S/C17H16ClF2N3O3/c1-9-17(19,20)8-23-15(26-9)6-13(22-23)16(24)21-12-5-10-4-11(18)2-3-14(10)25-7-12/h2-4,6,9,12H,5,7-8H2,1H3,(H,21,24)/t9?,12-/m1/s1. The van der Waals surface area contributed by atoms with E-state index in [1.165, 1.54) is 13.0 Å². The Hall–Kier alpha value is -2.35. The van der Waals surface area contributed by atoms with Crippen LogP contribution in [0.2, 0.25) is 5.02 Å². The summed E-state index contributed by atoms with van der Waals surface area (Å²) in [6.07, 6.45) is -0.712. The van der Waals surface area contributed by atoms with Gasteiger partial charge in [-0.15, -0.1) is 0 Å². The molecule has 138 valence electrons. The number of carbonyl (C=O) groups is 1. The van der Waals surface area contributed by atoms with Crippen molar-refractivity contribution in [3.05, 3.63) is 40.5 Å². The smallest absolute Gasteiger partial charge is 0.303 e. The molecule has 2 aliphatic rings. The van der Waals surface area contributed by atoms with Gasteiger partial charge in [0.25, 0.3) is 5.91 Å². The minimum Gasteiger partial charge on any atom is -0.491 e. The summed E-state index contributed by atoms with van der Waals surface area (Å²) in [6, 6.07) is 6.43. The van der Waals surface area contributed by atoms with E-state index in [-0.39, 0.29) is 17.6 Å². The van der Waals surface area contributed by atoms with Crippen LogP contribution in [0.3, 0.4) is 0 Å². The van der Waals surface area contributed by atoms with Gasteiger partial charge in [0, 0.05) is 11.1 Å². The maximum atomic E-state index is 13.7. The number of carbonyl (C=O) groups excluding carboxylic acids is 1. The lowest BCUT2D eigenvalue weighted by atomic mass is 10.0. The van der Waals surface area contributed by atoms with Gasteiger partial charge in [0.05, 0.1) is 6.04 Å². The maximum absolute atomic E-state index is 13.7. The zero-order valence-electron chi connectivity index (χ0n) is 13.8. The van der Waals surface area contributed by atoms with E-state index in [2.05, 4.69) is 10.4 Å². The Kier molecular flexibility index (Phi) is 4.02. The second-order valence-electron chi connectivity index (χ2n) is 6.48. The van der Waals surface area contributed by atoms with Gasteiger partial charge >= 0.3 is 5.92 Å². The third-order valence-corrected chi connectivity index (χ3v) is 4.73. The van der Waals surface area contributed by atoms with Gasteiger partial charge in [0.15, 0.2) is 11.8 Å². The normalized spacial score (nSPS) is 23.2. The zero-order chi connectivity index (χ0) is 18.5. The molecule has 0 fully saturated rings. The van der Waals surface area contributed by atoms with Crippen LogP contribution < -0.4 is 14.8 Å². The van der Waals surface area contributed by atoms with Crippen molar-refractivity contribution in [2.45, 2.75) is 38.0 Å². The summed E-state index contributed by atoms with van der Waals surface area (Å²) in [7, 11) is 0. The monoisotopic (exact) mass is 383 g/mol. The predicted molar refractivity (Wildman–Crippen MR) is 89.2 cm³/mol. The summed E-state index contributed by atoms with van der Waals surface area (Å²) in [5.41, 5.74) is 0.928. The van der Waals surface area contributed by atoms with Gasteiger partial charge in [-0.05, 0) is 37.1 Å². The topological polar surface area (TPSA) is 65.4 Å². The van der Waals surface area contributed by atoms with Crippen LogP contribution in [-0.4, -0.2) is 40.4 Å². The molecule has 0 aliphatic carbocycles. The second-order valence-corrected chi connectivity index (χ2v) is 6.92. The average Bonchev–Trinajstić information content (AvgIpc) is 2.97. The molecular weight excluding hydrogens is 368 g/mol. The van der Waals surface area contributed by atoms with Gasteiger partial charge in [-0.2, -0.15) is 5.10 Å². The van der Waals surface area contributed by atoms with Crippen LogP contribution in [0.1, 0.15) is 23.0 Å². The molecule has 2 aromatic rings. The molecule has 0 bridgehead atoms. The summed E-state index contributed by atoms with van der Waals surface area (Å²) in [5.74, 6) is -2.61. The average molecular weight is 384 g/mol. The van der Waals surface area contributed by atoms with E-state index >= 15 is 0 Å². The second kappa shape index (κ2) is 6.12. The number of amides is 1. The van der Waals surface area contributed by atoms with Gasteiger partial charge in [-0.3, -0.25) is 4.79 Å². The molecule has 0 spiro atoms. The molecule has 1 aromatic carbocycles. The Bertz CT molecular complexity index is 871. The van der Waals surface area contributed by atoms with Crippen molar-refractivity contribution in [3.8, 4) is 11.6 Å². The Morgan fingerprint density at radius 2 is 2.23 bits per heavy atom. The molecule has 2 atom stereocenters. The van der Waals surface area contributed by atoms with E-state index in [1.807, 2.05) is 0 Å². The number of aromatic nitrogens is 2. The zero-order valence-corrected chi connectivity index (χ0v) is 14.6. The molecule has 6 nitrogen and oxygen atoms in total. The lowest BCUT2D eigenvalue weighted by Crippen LogP contribution is -2.44. The molecule has 2 aliphatic heterocycles. The fraction of sp³-hybridized carbons (Fsp3) is 0.412. The number of halogens is 3. The molecule has 1 aromatic heterocycles. The van der Waals surface area contributed by atoms with Gasteiger partial charge in [0.2, 0.25) is 5.88 Å². The van der Waals surface area contributed by atoms with Crippen molar-refractivity contribution in [3.63, 3.8) is 0 Å². The van der Waals surface area contributed by atoms with Gasteiger partial charge in [0.1, 0.15) is 18.9 Å². The van der Waals surface area contributed by atoms with Crippen molar-refractivity contribution in [1.82, 2.24) is 15.1 Å². The first-order valence-corrected chi connectivity index (χ1v) is 8.54. The Morgan fingerprint density at radius 3 is 3.04 bits per heavy atom. The molecule has 0 radical (unpaired) electrons. The molecule has 9 heteroatoms. The summed E-state index contributed by atoms with van der Waals surface area (Å²) in [5, 5.41) is 7.34. The van der Waals surface area contributed by atoms with Crippen LogP contribution in [-0.2, 0) is 13.0 Å². The SMILES string of the molecule is CC1Oc2cc(C(=O)N[C@H]3COc4ccc(Cl)cc4C3)nn2CC1(F)F. The summed E-state index contributed by atoms with van der Waals surface area (Å²) in [6.45, 7) is 0.979. The van der Waals surface area contributed by atoms with Crippen LogP contribution in [0.5, 0.6) is 11.6 Å². The first-order chi connectivity index (χ1) is 12.3. The Balaban J connectivity index is 1.47. The molecule has 26 heavy (non-hydrogen) atoms. The molecule has 3 heterocycles. The number of rotatable bonds is 2. The number of nitrogens with zero attached hydrogens (tertiary/aromatic N) is 2. The largest absolute Gasteiger partial charge is 0.491 e. The van der Waals surface area contributed by atoms with Crippen molar-refractivity contribution < 1.29 is 23.0 Å². The van der Waals surface area contributed by atoms with Gasteiger partial charge < -0.3 is 14.8 Å². The number of benzene rings is 1. The third-order valence-electron chi connectivity index (χ3n) is 4.49. The number of ether oxygens (including phenoxy) is 2. The summed E-state index contributed by atoms with van der Waals surface area (Å²) >= 11 is 5.99. The number of hydrogen-bond donors (Lipinski definition) is 1. The van der Waals surface area contributed by atoms with Gasteiger partial charge in [-0.25, -0.2) is 13.5 Å². The van der Waals surface area contributed by atoms with E-state index in [1.54, 1.807) is 18.2 Å². The Morgan fingerprint density at radius 1 is 1.42 bits per heavy atom. The highest BCUT2D eigenvalue weighted by molar-refractivity contribution is 6.30. The Labute approximate surface area is 153 Å². The van der Waals surface area contributed by atoms with Crippen LogP contribution >= 0.6 is 11.6 Å². The molecule has 1 amide bonds. The third kappa shape index (κ3) is 3.09. The lowest BCUT2D eigenvalue weighted by molar-refractivity contribution is -0.124. The molecule has 1 N–H and O–H groups in total. The lowest BCUT2D eigenvalue weighted by Gasteiger charge is -2.29. The highest BCUT2D eigenvalue weighted by atomic mass is 35.5. The number of fused-ring (bicyclic) bond motifs is 2. The first kappa shape index (κ1) is 17.1. The van der Waals surface area contributed by atoms with Crippen LogP contribution in [0.25, 0.3) is 0 Å². The molecule has 0 saturated heterocycles. The van der Waals surface area contributed by atoms with Gasteiger partial charge in [-0.1, -0.05) is 11.6 Å². The van der Waals surface area contributed by atoms with E-state index in [0.29, 0.717) is 18.1 Å². The minimum absolute atomic E-state index is 0.0294. The van der Waals surface area contributed by atoms with Crippen molar-refractivity contribution in [2.75, 3.05) is 6.61 Å².